The molecule has 0 radical (unpaired) electrons. The number of hydrogen-bond donors (Lipinski definition) is 0. The summed E-state index contributed by atoms with van der Waals surface area (Å²) >= 11 is 0. The van der Waals surface area contributed by atoms with Gasteiger partial charge in [-0.2, -0.15) is 0 Å². The maximum Gasteiger partial charge on any atom is 0.131 e. The second kappa shape index (κ2) is 4.72. The van der Waals surface area contributed by atoms with Gasteiger partial charge in [-0.1, -0.05) is 0 Å². The lowest BCUT2D eigenvalue weighted by atomic mass is 10.0. The van der Waals surface area contributed by atoms with Gasteiger partial charge in [0.05, 0.1) is 7.11 Å². The van der Waals surface area contributed by atoms with Gasteiger partial charge < -0.3 is 4.74 Å². The first-order valence-electron chi connectivity index (χ1n) is 5.32. The van der Waals surface area contributed by atoms with Crippen molar-refractivity contribution in [3.63, 3.8) is 0 Å². The van der Waals surface area contributed by atoms with E-state index in [1.807, 2.05) is 0 Å². The van der Waals surface area contributed by atoms with Gasteiger partial charge >= 0.3 is 0 Å². The molecular weight excluding hydrogens is 241 g/mol. The second-order valence-corrected chi connectivity index (χ2v) is 3.96. The van der Waals surface area contributed by atoms with Crippen LogP contribution in [0.4, 0.5) is 13.2 Å². The second-order valence-electron chi connectivity index (χ2n) is 3.96. The van der Waals surface area contributed by atoms with Crippen LogP contribution in [0.25, 0.3) is 11.1 Å². The summed E-state index contributed by atoms with van der Waals surface area (Å²) in [6.07, 6.45) is 0. The van der Waals surface area contributed by atoms with Crippen molar-refractivity contribution in [3.05, 3.63) is 53.3 Å². The lowest BCUT2D eigenvalue weighted by Crippen LogP contribution is -1.93. The molecule has 0 aliphatic rings. The van der Waals surface area contributed by atoms with E-state index in [0.29, 0.717) is 11.3 Å². The first kappa shape index (κ1) is 12.5. The van der Waals surface area contributed by atoms with Crippen LogP contribution in [-0.2, 0) is 0 Å². The van der Waals surface area contributed by atoms with Crippen LogP contribution >= 0.6 is 0 Å². The number of aryl methyl sites for hydroxylation is 1. The number of ether oxygens (including phenoxy) is 1. The summed E-state index contributed by atoms with van der Waals surface area (Å²) in [4.78, 5) is 0. The molecule has 94 valence electrons. The van der Waals surface area contributed by atoms with Crippen LogP contribution in [0.1, 0.15) is 5.56 Å². The molecule has 2 aromatic rings. The van der Waals surface area contributed by atoms with Crippen molar-refractivity contribution < 1.29 is 17.9 Å². The Morgan fingerprint density at radius 3 is 2.06 bits per heavy atom. The van der Waals surface area contributed by atoms with Gasteiger partial charge in [-0.15, -0.1) is 0 Å². The molecule has 0 amide bonds. The molecule has 0 atom stereocenters. The van der Waals surface area contributed by atoms with Crippen molar-refractivity contribution in [1.82, 2.24) is 0 Å². The van der Waals surface area contributed by atoms with E-state index in [1.54, 1.807) is 6.92 Å². The van der Waals surface area contributed by atoms with Crippen LogP contribution in [-0.4, -0.2) is 7.11 Å². The van der Waals surface area contributed by atoms with E-state index in [9.17, 15) is 13.2 Å². The van der Waals surface area contributed by atoms with Crippen LogP contribution in [0, 0.1) is 24.4 Å². The fourth-order valence-corrected chi connectivity index (χ4v) is 1.80. The minimum atomic E-state index is -0.746. The van der Waals surface area contributed by atoms with Gasteiger partial charge in [-0.05, 0) is 42.3 Å². The highest BCUT2D eigenvalue weighted by molar-refractivity contribution is 5.67. The predicted octanol–water partition coefficient (Wildman–Crippen LogP) is 4.09. The third-order valence-corrected chi connectivity index (χ3v) is 2.66. The minimum absolute atomic E-state index is 0.107. The Kier molecular flexibility index (Phi) is 3.28. The van der Waals surface area contributed by atoms with E-state index in [2.05, 4.69) is 0 Å². The van der Waals surface area contributed by atoms with E-state index >= 15 is 0 Å². The third-order valence-electron chi connectivity index (χ3n) is 2.66. The topological polar surface area (TPSA) is 9.23 Å². The molecule has 0 aromatic heterocycles. The van der Waals surface area contributed by atoms with Crippen molar-refractivity contribution in [1.29, 1.82) is 0 Å². The number of rotatable bonds is 2. The number of halogens is 3. The average molecular weight is 252 g/mol. The summed E-state index contributed by atoms with van der Waals surface area (Å²) in [6, 6.07) is 5.61. The first-order chi connectivity index (χ1) is 8.51. The molecule has 18 heavy (non-hydrogen) atoms. The van der Waals surface area contributed by atoms with Gasteiger partial charge in [0.2, 0.25) is 0 Å². The van der Waals surface area contributed by atoms with E-state index in [4.69, 9.17) is 4.74 Å². The zero-order valence-electron chi connectivity index (χ0n) is 9.93. The van der Waals surface area contributed by atoms with Crippen LogP contribution < -0.4 is 4.74 Å². The summed E-state index contributed by atoms with van der Waals surface area (Å²) < 4.78 is 45.1. The monoisotopic (exact) mass is 252 g/mol. The van der Waals surface area contributed by atoms with E-state index in [-0.39, 0.29) is 11.1 Å². The van der Waals surface area contributed by atoms with Crippen molar-refractivity contribution in [3.8, 4) is 16.9 Å². The first-order valence-corrected chi connectivity index (χ1v) is 5.32. The van der Waals surface area contributed by atoms with Crippen molar-refractivity contribution in [2.24, 2.45) is 0 Å². The molecule has 0 saturated carbocycles. The highest BCUT2D eigenvalue weighted by Gasteiger charge is 2.11. The number of hydrogen-bond acceptors (Lipinski definition) is 1. The lowest BCUT2D eigenvalue weighted by molar-refractivity contribution is 0.410. The smallest absolute Gasteiger partial charge is 0.131 e. The molecule has 1 nitrogen and oxygen atoms in total. The molecule has 0 saturated heterocycles. The summed E-state index contributed by atoms with van der Waals surface area (Å²) in [6.45, 7) is 1.69. The van der Waals surface area contributed by atoms with Gasteiger partial charge in [0.25, 0.3) is 0 Å². The highest BCUT2D eigenvalue weighted by Crippen LogP contribution is 2.30. The van der Waals surface area contributed by atoms with Crippen LogP contribution in [0.5, 0.6) is 5.75 Å². The van der Waals surface area contributed by atoms with Gasteiger partial charge in [-0.3, -0.25) is 0 Å². The van der Waals surface area contributed by atoms with Crippen LogP contribution in [0.3, 0.4) is 0 Å². The molecule has 0 N–H and O–H groups in total. The van der Waals surface area contributed by atoms with Gasteiger partial charge in [0, 0.05) is 11.6 Å². The Balaban J connectivity index is 2.62. The Morgan fingerprint density at radius 1 is 0.889 bits per heavy atom. The summed E-state index contributed by atoms with van der Waals surface area (Å²) in [5.41, 5.74) is 0.870. The van der Waals surface area contributed by atoms with E-state index < -0.39 is 17.5 Å². The summed E-state index contributed by atoms with van der Waals surface area (Å²) in [7, 11) is 1.45. The molecule has 0 fully saturated rings. The third kappa shape index (κ3) is 2.32. The zero-order valence-corrected chi connectivity index (χ0v) is 9.93. The normalized spacial score (nSPS) is 10.5. The molecule has 2 rings (SSSR count). The fourth-order valence-electron chi connectivity index (χ4n) is 1.80. The molecule has 0 heterocycles. The zero-order chi connectivity index (χ0) is 13.3. The Morgan fingerprint density at radius 2 is 1.50 bits per heavy atom. The van der Waals surface area contributed by atoms with E-state index in [0.717, 1.165) is 18.2 Å². The maximum absolute atomic E-state index is 13.8. The van der Waals surface area contributed by atoms with Gasteiger partial charge in [0.1, 0.15) is 23.2 Å². The van der Waals surface area contributed by atoms with Crippen LogP contribution in [0.15, 0.2) is 30.3 Å². The molecule has 0 spiro atoms. The molecule has 0 unspecified atom stereocenters. The maximum atomic E-state index is 13.8. The van der Waals surface area contributed by atoms with Crippen molar-refractivity contribution in [2.75, 3.05) is 7.11 Å². The van der Waals surface area contributed by atoms with Gasteiger partial charge in [-0.25, -0.2) is 13.2 Å². The number of methoxy groups -OCH3 is 1. The SMILES string of the molecule is COc1cc(-c2cc(F)cc(F)c2)c(F)cc1C. The Hall–Kier alpha value is -1.97. The van der Waals surface area contributed by atoms with E-state index in [1.165, 1.54) is 19.2 Å². The largest absolute Gasteiger partial charge is 0.496 e. The standard InChI is InChI=1S/C14H11F3O/c1-8-3-13(17)12(7-14(8)18-2)9-4-10(15)6-11(16)5-9/h3-7H,1-2H3. The highest BCUT2D eigenvalue weighted by atomic mass is 19.1. The summed E-state index contributed by atoms with van der Waals surface area (Å²) in [5, 5.41) is 0. The van der Waals surface area contributed by atoms with Crippen molar-refractivity contribution >= 4 is 0 Å². The summed E-state index contributed by atoms with van der Waals surface area (Å²) in [5.74, 6) is -1.57. The quantitative estimate of drug-likeness (QED) is 0.782. The predicted molar refractivity (Wildman–Crippen MR) is 63.0 cm³/mol. The molecule has 0 bridgehead atoms. The Bertz CT molecular complexity index is 574. The minimum Gasteiger partial charge on any atom is -0.496 e. The molecule has 0 aliphatic carbocycles. The molecule has 4 heteroatoms. The van der Waals surface area contributed by atoms with Gasteiger partial charge in [0.15, 0.2) is 0 Å². The Labute approximate surface area is 103 Å². The molecule has 0 aliphatic heterocycles. The van der Waals surface area contributed by atoms with Crippen LogP contribution in [0.2, 0.25) is 0 Å². The average Bonchev–Trinajstić information content (AvgIpc) is 2.27. The molecular formula is C14H11F3O. The fraction of sp³-hybridized carbons (Fsp3) is 0.143. The van der Waals surface area contributed by atoms with Crippen molar-refractivity contribution in [2.45, 2.75) is 6.92 Å². The number of benzene rings is 2. The lowest BCUT2D eigenvalue weighted by Gasteiger charge is -2.09. The molecule has 2 aromatic carbocycles.